The van der Waals surface area contributed by atoms with E-state index in [2.05, 4.69) is 35.8 Å². The zero-order chi connectivity index (χ0) is 22.3. The molecule has 2 heterocycles. The Hall–Kier alpha value is -0.990. The van der Waals surface area contributed by atoms with Crippen molar-refractivity contribution >= 4 is 0 Å². The second-order valence-electron chi connectivity index (χ2n) is 9.57. The van der Waals surface area contributed by atoms with Crippen LogP contribution in [-0.4, -0.2) is 79.5 Å². The van der Waals surface area contributed by atoms with Crippen LogP contribution in [0.4, 0.5) is 0 Å². The highest BCUT2D eigenvalue weighted by Crippen LogP contribution is 2.46. The third kappa shape index (κ3) is 6.29. The number of aliphatic hydroxyl groups is 1. The van der Waals surface area contributed by atoms with Gasteiger partial charge in [0.05, 0.1) is 31.6 Å². The van der Waals surface area contributed by atoms with E-state index in [1.54, 1.807) is 0 Å². The van der Waals surface area contributed by atoms with Gasteiger partial charge < -0.3 is 19.9 Å². The molecule has 1 aromatic rings. The number of ether oxygens (including phenoxy) is 2. The number of rotatable bonds is 12. The Balaban J connectivity index is 1.78. The number of aliphatic hydroxyl groups excluding tert-OH is 1. The van der Waals surface area contributed by atoms with Crippen molar-refractivity contribution in [1.29, 1.82) is 0 Å². The normalized spacial score (nSPS) is 21.5. The van der Waals surface area contributed by atoms with Crippen molar-refractivity contribution in [3.8, 4) is 0 Å². The zero-order valence-corrected chi connectivity index (χ0v) is 20.2. The highest BCUT2D eigenvalue weighted by molar-refractivity contribution is 5.32. The Morgan fingerprint density at radius 2 is 1.84 bits per heavy atom. The lowest BCUT2D eigenvalue weighted by Gasteiger charge is -2.40. The van der Waals surface area contributed by atoms with Crippen LogP contribution in [0.15, 0.2) is 0 Å². The van der Waals surface area contributed by atoms with Gasteiger partial charge in [0.15, 0.2) is 0 Å². The highest BCUT2D eigenvalue weighted by Gasteiger charge is 2.39. The summed E-state index contributed by atoms with van der Waals surface area (Å²) in [5, 5.41) is 18.4. The van der Waals surface area contributed by atoms with Gasteiger partial charge in [0.1, 0.15) is 0 Å². The second kappa shape index (κ2) is 11.8. The summed E-state index contributed by atoms with van der Waals surface area (Å²) in [7, 11) is 4.17. The first-order valence-corrected chi connectivity index (χ1v) is 12.3. The van der Waals surface area contributed by atoms with Crippen molar-refractivity contribution in [3.63, 3.8) is 0 Å². The van der Waals surface area contributed by atoms with Crippen molar-refractivity contribution in [3.05, 3.63) is 17.0 Å². The van der Waals surface area contributed by atoms with Crippen LogP contribution in [0.1, 0.15) is 68.8 Å². The van der Waals surface area contributed by atoms with E-state index in [-0.39, 0.29) is 11.5 Å². The predicted octanol–water partition coefficient (Wildman–Crippen LogP) is 2.56. The van der Waals surface area contributed by atoms with Crippen molar-refractivity contribution < 1.29 is 14.6 Å². The summed E-state index contributed by atoms with van der Waals surface area (Å²) in [6.07, 6.45) is 6.11. The van der Waals surface area contributed by atoms with Crippen LogP contribution in [-0.2, 0) is 29.0 Å². The molecule has 31 heavy (non-hydrogen) atoms. The number of fused-ring (bicyclic) bond motifs is 1. The Bertz CT molecular complexity index is 660. The molecule has 1 atom stereocenters. The van der Waals surface area contributed by atoms with E-state index in [4.69, 9.17) is 14.6 Å². The summed E-state index contributed by atoms with van der Waals surface area (Å²) in [4.78, 5) is 2.35. The summed E-state index contributed by atoms with van der Waals surface area (Å²) >= 11 is 0. The van der Waals surface area contributed by atoms with Crippen molar-refractivity contribution in [2.45, 2.75) is 77.5 Å². The predicted molar refractivity (Wildman–Crippen MR) is 123 cm³/mol. The van der Waals surface area contributed by atoms with Gasteiger partial charge in [-0.2, -0.15) is 5.10 Å². The van der Waals surface area contributed by atoms with Gasteiger partial charge in [-0.1, -0.05) is 0 Å². The van der Waals surface area contributed by atoms with E-state index in [0.717, 1.165) is 84.6 Å². The third-order valence-corrected chi connectivity index (χ3v) is 7.12. The molecule has 1 saturated carbocycles. The third-order valence-electron chi connectivity index (χ3n) is 7.12. The Kier molecular flexibility index (Phi) is 9.34. The van der Waals surface area contributed by atoms with Crippen LogP contribution in [0.3, 0.4) is 0 Å². The number of aromatic nitrogens is 2. The van der Waals surface area contributed by atoms with Gasteiger partial charge in [-0.15, -0.1) is 0 Å². The van der Waals surface area contributed by atoms with Crippen LogP contribution >= 0.6 is 0 Å². The summed E-state index contributed by atoms with van der Waals surface area (Å²) in [6.45, 7) is 10.7. The molecule has 1 aliphatic heterocycles. The van der Waals surface area contributed by atoms with E-state index >= 15 is 0 Å². The molecule has 7 heteroatoms. The minimum Gasteiger partial charge on any atom is -0.391 e. The van der Waals surface area contributed by atoms with Crippen molar-refractivity contribution in [2.24, 2.45) is 5.41 Å². The van der Waals surface area contributed by atoms with Gasteiger partial charge in [-0.05, 0) is 72.4 Å². The SMILES string of the molecule is CCOCC1(COCC)CCC(c2c(CN(C)CCNC)nn3c2CCC(O)C3)CC1. The Morgan fingerprint density at radius 1 is 1.16 bits per heavy atom. The Morgan fingerprint density at radius 3 is 2.45 bits per heavy atom. The van der Waals surface area contributed by atoms with Gasteiger partial charge in [-0.3, -0.25) is 9.58 Å². The molecule has 178 valence electrons. The molecule has 1 unspecified atom stereocenters. The average Bonchev–Trinajstić information content (AvgIpc) is 3.12. The first-order valence-electron chi connectivity index (χ1n) is 12.3. The first kappa shape index (κ1) is 24.6. The van der Waals surface area contributed by atoms with Crippen LogP contribution < -0.4 is 5.32 Å². The molecule has 2 aliphatic rings. The zero-order valence-electron chi connectivity index (χ0n) is 20.2. The molecule has 7 nitrogen and oxygen atoms in total. The van der Waals surface area contributed by atoms with Crippen LogP contribution in [0, 0.1) is 5.41 Å². The smallest absolute Gasteiger partial charge is 0.0802 e. The van der Waals surface area contributed by atoms with E-state index < -0.39 is 0 Å². The van der Waals surface area contributed by atoms with Gasteiger partial charge in [0, 0.05) is 49.5 Å². The molecule has 0 radical (unpaired) electrons. The fourth-order valence-electron chi connectivity index (χ4n) is 5.29. The molecular weight excluding hydrogens is 392 g/mol. The second-order valence-corrected chi connectivity index (χ2v) is 9.57. The van der Waals surface area contributed by atoms with Gasteiger partial charge >= 0.3 is 0 Å². The van der Waals surface area contributed by atoms with Crippen LogP contribution in [0.2, 0.25) is 0 Å². The number of likely N-dealkylation sites (N-methyl/N-ethyl adjacent to an activating group) is 2. The summed E-state index contributed by atoms with van der Waals surface area (Å²) < 4.78 is 13.9. The lowest BCUT2D eigenvalue weighted by Crippen LogP contribution is -2.36. The molecule has 1 aromatic heterocycles. The molecule has 3 rings (SSSR count). The van der Waals surface area contributed by atoms with E-state index in [9.17, 15) is 5.11 Å². The first-order chi connectivity index (χ1) is 15.0. The monoisotopic (exact) mass is 436 g/mol. The van der Waals surface area contributed by atoms with E-state index in [0.29, 0.717) is 12.5 Å². The molecule has 1 aliphatic carbocycles. The van der Waals surface area contributed by atoms with Crippen LogP contribution in [0.5, 0.6) is 0 Å². The van der Waals surface area contributed by atoms with Crippen molar-refractivity contribution in [2.75, 3.05) is 53.6 Å². The van der Waals surface area contributed by atoms with Gasteiger partial charge in [0.25, 0.3) is 0 Å². The fraction of sp³-hybridized carbons (Fsp3) is 0.875. The molecule has 0 bridgehead atoms. The quantitative estimate of drug-likeness (QED) is 0.525. The van der Waals surface area contributed by atoms with E-state index in [1.807, 2.05) is 7.05 Å². The molecule has 0 aromatic carbocycles. The maximum absolute atomic E-state index is 10.2. The molecule has 0 spiro atoms. The number of hydrogen-bond donors (Lipinski definition) is 2. The maximum atomic E-state index is 10.2. The molecule has 0 amide bonds. The topological polar surface area (TPSA) is 71.8 Å². The lowest BCUT2D eigenvalue weighted by molar-refractivity contribution is -0.0396. The van der Waals surface area contributed by atoms with Crippen LogP contribution in [0.25, 0.3) is 0 Å². The fourth-order valence-corrected chi connectivity index (χ4v) is 5.29. The van der Waals surface area contributed by atoms with Gasteiger partial charge in [0.2, 0.25) is 0 Å². The average molecular weight is 437 g/mol. The standard InChI is InChI=1S/C24H44N4O3/c1-5-30-17-24(18-31-6-2)11-9-19(10-12-24)23-21(16-27(4)14-13-25-3)26-28-15-20(29)7-8-22(23)28/h19-20,25,29H,5-18H2,1-4H3. The van der Waals surface area contributed by atoms with Crippen molar-refractivity contribution in [1.82, 2.24) is 20.0 Å². The van der Waals surface area contributed by atoms with E-state index in [1.165, 1.54) is 17.0 Å². The van der Waals surface area contributed by atoms with Gasteiger partial charge in [-0.25, -0.2) is 0 Å². The minimum atomic E-state index is -0.272. The summed E-state index contributed by atoms with van der Waals surface area (Å²) in [5.74, 6) is 0.545. The minimum absolute atomic E-state index is 0.149. The summed E-state index contributed by atoms with van der Waals surface area (Å²) in [5.41, 5.74) is 4.21. The molecule has 1 fully saturated rings. The maximum Gasteiger partial charge on any atom is 0.0802 e. The molecular formula is C24H44N4O3. The number of hydrogen-bond acceptors (Lipinski definition) is 6. The molecule has 0 saturated heterocycles. The highest BCUT2D eigenvalue weighted by atomic mass is 16.5. The number of nitrogens with one attached hydrogen (secondary N) is 1. The molecule has 2 N–H and O–H groups in total. The summed E-state index contributed by atoms with van der Waals surface area (Å²) in [6, 6.07) is 0. The Labute approximate surface area is 188 Å². The number of nitrogens with zero attached hydrogens (tertiary/aromatic N) is 3. The lowest BCUT2D eigenvalue weighted by atomic mass is 9.69. The largest absolute Gasteiger partial charge is 0.391 e.